The number of amides is 1. The Morgan fingerprint density at radius 2 is 1.58 bits per heavy atom. The molecule has 0 aliphatic heterocycles. The number of benzene rings is 3. The molecule has 258 valence electrons. The summed E-state index contributed by atoms with van der Waals surface area (Å²) in [6.07, 6.45) is 6.18. The zero-order valence-corrected chi connectivity index (χ0v) is 30.8. The summed E-state index contributed by atoms with van der Waals surface area (Å²) in [4.78, 5) is 12.5. The van der Waals surface area contributed by atoms with E-state index in [1.807, 2.05) is 54.6 Å². The summed E-state index contributed by atoms with van der Waals surface area (Å²) in [5, 5.41) is 13.0. The van der Waals surface area contributed by atoms with E-state index in [-0.39, 0.29) is 16.7 Å². The molecule has 0 unspecified atom stereocenters. The Kier molecular flexibility index (Phi) is 13.6. The minimum Gasteiger partial charge on any atom is -0.497 e. The average molecular weight is 671 g/mol. The summed E-state index contributed by atoms with van der Waals surface area (Å²) in [7, 11) is 1.67. The Labute approximate surface area is 292 Å². The fourth-order valence-corrected chi connectivity index (χ4v) is 6.33. The molecule has 4 rings (SSSR count). The van der Waals surface area contributed by atoms with Gasteiger partial charge in [-0.15, -0.1) is 10.2 Å². The highest BCUT2D eigenvalue weighted by molar-refractivity contribution is 7.99. The zero-order chi connectivity index (χ0) is 34.6. The summed E-state index contributed by atoms with van der Waals surface area (Å²) >= 11 is 1.66. The van der Waals surface area contributed by atoms with Crippen LogP contribution in [0.3, 0.4) is 0 Å². The molecule has 0 atom stereocenters. The van der Waals surface area contributed by atoms with Gasteiger partial charge in [0.1, 0.15) is 11.5 Å². The Morgan fingerprint density at radius 1 is 0.854 bits per heavy atom. The van der Waals surface area contributed by atoms with Crippen molar-refractivity contribution in [2.75, 3.05) is 26.0 Å². The van der Waals surface area contributed by atoms with Crippen LogP contribution in [0.5, 0.6) is 11.5 Å². The smallest absolute Gasteiger partial charge is 0.219 e. The maximum Gasteiger partial charge on any atom is 0.219 e. The molecule has 8 heteroatoms. The maximum atomic E-state index is 12.5. The lowest BCUT2D eigenvalue weighted by Crippen LogP contribution is -2.24. The first-order chi connectivity index (χ1) is 23.1. The molecule has 0 aliphatic carbocycles. The van der Waals surface area contributed by atoms with Crippen LogP contribution in [0.25, 0.3) is 17.1 Å². The van der Waals surface area contributed by atoms with Gasteiger partial charge in [0.25, 0.3) is 0 Å². The molecule has 3 aromatic carbocycles. The lowest BCUT2D eigenvalue weighted by molar-refractivity contribution is -0.121. The number of hydrogen-bond acceptors (Lipinski definition) is 6. The van der Waals surface area contributed by atoms with Crippen LogP contribution in [0, 0.1) is 0 Å². The van der Waals surface area contributed by atoms with E-state index in [0.29, 0.717) is 19.6 Å². The molecule has 0 spiro atoms. The summed E-state index contributed by atoms with van der Waals surface area (Å²) in [5.74, 6) is 3.54. The largest absolute Gasteiger partial charge is 0.497 e. The van der Waals surface area contributed by atoms with E-state index in [4.69, 9.17) is 9.47 Å². The second-order valence-corrected chi connectivity index (χ2v) is 14.7. The fourth-order valence-electron chi connectivity index (χ4n) is 5.38. The Hall–Kier alpha value is -3.78. The second kappa shape index (κ2) is 17.6. The summed E-state index contributed by atoms with van der Waals surface area (Å²) in [6.45, 7) is 15.0. The Balaban J connectivity index is 1.19. The SMILES string of the molecule is CCC(C)(C)c1ccc(OCCCCNC(=O)CCCCSc2nnc(-c3ccccc3)n2-c2ccc(OC)cc2)c(C(C)(C)CC)c1. The molecule has 0 radical (unpaired) electrons. The number of carbonyl (C=O) groups is 1. The summed E-state index contributed by atoms with van der Waals surface area (Å²) < 4.78 is 13.7. The lowest BCUT2D eigenvalue weighted by Gasteiger charge is -2.30. The van der Waals surface area contributed by atoms with Crippen LogP contribution < -0.4 is 14.8 Å². The van der Waals surface area contributed by atoms with E-state index in [1.54, 1.807) is 18.9 Å². The van der Waals surface area contributed by atoms with Gasteiger partial charge in [0, 0.05) is 35.5 Å². The van der Waals surface area contributed by atoms with Gasteiger partial charge in [0.05, 0.1) is 13.7 Å². The zero-order valence-electron chi connectivity index (χ0n) is 30.0. The van der Waals surface area contributed by atoms with Gasteiger partial charge in [-0.2, -0.15) is 0 Å². The number of carbonyl (C=O) groups excluding carboxylic acids is 1. The molecular weight excluding hydrogens is 617 g/mol. The third-order valence-electron chi connectivity index (χ3n) is 9.43. The number of rotatable bonds is 19. The molecule has 1 aromatic heterocycles. The number of ether oxygens (including phenoxy) is 2. The Morgan fingerprint density at radius 3 is 2.27 bits per heavy atom. The van der Waals surface area contributed by atoms with E-state index in [9.17, 15) is 4.79 Å². The fraction of sp³-hybridized carbons (Fsp3) is 0.475. The first-order valence-electron chi connectivity index (χ1n) is 17.4. The average Bonchev–Trinajstić information content (AvgIpc) is 3.53. The van der Waals surface area contributed by atoms with Crippen LogP contribution in [-0.4, -0.2) is 46.7 Å². The van der Waals surface area contributed by atoms with Crippen LogP contribution in [0.15, 0.2) is 78.0 Å². The lowest BCUT2D eigenvalue weighted by atomic mass is 9.76. The van der Waals surface area contributed by atoms with Crippen molar-refractivity contribution in [2.45, 2.75) is 102 Å². The second-order valence-electron chi connectivity index (χ2n) is 13.6. The number of nitrogens with one attached hydrogen (secondary N) is 1. The standard InChI is InChI=1S/C40H54N4O3S/c1-8-39(3,4)31-20-25-35(34(29-31)40(5,6)9-2)47-27-15-14-26-41-36(45)19-13-16-28-48-38-43-42-37(30-17-11-10-12-18-30)44(38)32-21-23-33(46-7)24-22-32/h10-12,17-18,20-25,29H,8-9,13-16,19,26-28H2,1-7H3,(H,41,45). The monoisotopic (exact) mass is 670 g/mol. The quantitative estimate of drug-likeness (QED) is 0.0791. The van der Waals surface area contributed by atoms with E-state index in [0.717, 1.165) is 78.0 Å². The molecule has 0 fully saturated rings. The topological polar surface area (TPSA) is 78.3 Å². The minimum absolute atomic E-state index is 0.0427. The van der Waals surface area contributed by atoms with Crippen molar-refractivity contribution in [1.29, 1.82) is 0 Å². The van der Waals surface area contributed by atoms with Crippen molar-refractivity contribution >= 4 is 17.7 Å². The van der Waals surface area contributed by atoms with Crippen molar-refractivity contribution in [3.63, 3.8) is 0 Å². The van der Waals surface area contributed by atoms with Gasteiger partial charge in [0.15, 0.2) is 11.0 Å². The molecule has 1 amide bonds. The van der Waals surface area contributed by atoms with Crippen LogP contribution >= 0.6 is 11.8 Å². The van der Waals surface area contributed by atoms with Gasteiger partial charge in [-0.05, 0) is 85.3 Å². The van der Waals surface area contributed by atoms with Crippen LogP contribution in [0.4, 0.5) is 0 Å². The Bertz CT molecular complexity index is 1580. The molecule has 0 aliphatic rings. The highest BCUT2D eigenvalue weighted by Crippen LogP contribution is 2.38. The molecule has 1 heterocycles. The molecule has 7 nitrogen and oxygen atoms in total. The van der Waals surface area contributed by atoms with E-state index in [1.165, 1.54) is 11.1 Å². The number of methoxy groups -OCH3 is 1. The van der Waals surface area contributed by atoms with Crippen molar-refractivity contribution in [2.24, 2.45) is 0 Å². The molecule has 1 N–H and O–H groups in total. The number of unbranched alkanes of at least 4 members (excludes halogenated alkanes) is 2. The van der Waals surface area contributed by atoms with Crippen molar-refractivity contribution < 1.29 is 14.3 Å². The van der Waals surface area contributed by atoms with Gasteiger partial charge in [-0.1, -0.05) is 95.8 Å². The van der Waals surface area contributed by atoms with Crippen molar-refractivity contribution in [1.82, 2.24) is 20.1 Å². The van der Waals surface area contributed by atoms with Gasteiger partial charge in [-0.3, -0.25) is 9.36 Å². The van der Waals surface area contributed by atoms with Gasteiger partial charge in [0.2, 0.25) is 5.91 Å². The predicted octanol–water partition coefficient (Wildman–Crippen LogP) is 9.56. The highest BCUT2D eigenvalue weighted by atomic mass is 32.2. The van der Waals surface area contributed by atoms with Crippen molar-refractivity contribution in [3.05, 3.63) is 83.9 Å². The molecular formula is C40H54N4O3S. The van der Waals surface area contributed by atoms with Crippen molar-refractivity contribution in [3.8, 4) is 28.6 Å². The first-order valence-corrected chi connectivity index (χ1v) is 18.4. The maximum absolute atomic E-state index is 12.5. The van der Waals surface area contributed by atoms with E-state index >= 15 is 0 Å². The van der Waals surface area contributed by atoms with Crippen LogP contribution in [0.2, 0.25) is 0 Å². The first kappa shape index (κ1) is 37.0. The molecule has 0 bridgehead atoms. The number of thioether (sulfide) groups is 1. The van der Waals surface area contributed by atoms with Crippen LogP contribution in [0.1, 0.15) is 97.6 Å². The third-order valence-corrected chi connectivity index (χ3v) is 10.4. The van der Waals surface area contributed by atoms with Gasteiger partial charge >= 0.3 is 0 Å². The van der Waals surface area contributed by atoms with Gasteiger partial charge in [-0.25, -0.2) is 0 Å². The van der Waals surface area contributed by atoms with E-state index < -0.39 is 0 Å². The summed E-state index contributed by atoms with van der Waals surface area (Å²) in [6, 6.07) is 24.8. The normalized spacial score (nSPS) is 11.8. The molecule has 0 saturated heterocycles. The summed E-state index contributed by atoms with van der Waals surface area (Å²) in [5.41, 5.74) is 4.82. The third kappa shape index (κ3) is 9.88. The number of hydrogen-bond donors (Lipinski definition) is 1. The van der Waals surface area contributed by atoms with Crippen LogP contribution in [-0.2, 0) is 15.6 Å². The molecule has 0 saturated carbocycles. The highest BCUT2D eigenvalue weighted by Gasteiger charge is 2.26. The number of aromatic nitrogens is 3. The molecule has 48 heavy (non-hydrogen) atoms. The van der Waals surface area contributed by atoms with Gasteiger partial charge < -0.3 is 14.8 Å². The number of nitrogens with zero attached hydrogens (tertiary/aromatic N) is 3. The van der Waals surface area contributed by atoms with E-state index in [2.05, 4.69) is 79.8 Å². The molecule has 4 aromatic rings. The predicted molar refractivity (Wildman–Crippen MR) is 199 cm³/mol. The minimum atomic E-state index is 0.0427.